The number of hydrogen-bond acceptors (Lipinski definition) is 4. The van der Waals surface area contributed by atoms with Crippen molar-refractivity contribution in [2.45, 2.75) is 18.9 Å². The molecule has 1 saturated carbocycles. The third-order valence-electron chi connectivity index (χ3n) is 2.88. The second-order valence-electron chi connectivity index (χ2n) is 4.34. The number of aliphatic hydroxyl groups is 1. The Labute approximate surface area is 110 Å². The molecule has 0 aliphatic heterocycles. The van der Waals surface area contributed by atoms with E-state index in [0.29, 0.717) is 23.8 Å². The minimum Gasteiger partial charge on any atom is -0.492 e. The van der Waals surface area contributed by atoms with Crippen LogP contribution in [0.3, 0.4) is 0 Å². The van der Waals surface area contributed by atoms with E-state index in [9.17, 15) is 9.90 Å². The van der Waals surface area contributed by atoms with Crippen LogP contribution < -0.4 is 4.74 Å². The highest BCUT2D eigenvalue weighted by atomic mass is 35.5. The first-order valence-corrected chi connectivity index (χ1v) is 6.18. The van der Waals surface area contributed by atoms with Crippen LogP contribution in [0.4, 0.5) is 0 Å². The monoisotopic (exact) mass is 270 g/mol. The van der Waals surface area contributed by atoms with Crippen LogP contribution in [0.5, 0.6) is 5.75 Å². The molecule has 1 aromatic rings. The number of aliphatic hydroxyl groups excluding tert-OH is 1. The van der Waals surface area contributed by atoms with E-state index in [0.717, 1.165) is 0 Å². The van der Waals surface area contributed by atoms with E-state index in [1.54, 1.807) is 18.2 Å². The Bertz CT molecular complexity index is 443. The molecule has 1 N–H and O–H groups in total. The van der Waals surface area contributed by atoms with Crippen LogP contribution in [-0.4, -0.2) is 24.8 Å². The summed E-state index contributed by atoms with van der Waals surface area (Å²) in [6.45, 7) is 0.623. The maximum Gasteiger partial charge on any atom is 0.339 e. The summed E-state index contributed by atoms with van der Waals surface area (Å²) in [4.78, 5) is 11.3. The SMILES string of the molecule is COC(=O)C(O)c1cccc(OCC2CC2)c1Cl. The van der Waals surface area contributed by atoms with Crippen molar-refractivity contribution in [3.8, 4) is 5.75 Å². The highest BCUT2D eigenvalue weighted by Gasteiger charge is 2.25. The normalized spacial score (nSPS) is 16.2. The second-order valence-corrected chi connectivity index (χ2v) is 4.72. The number of benzene rings is 1. The number of methoxy groups -OCH3 is 1. The molecule has 18 heavy (non-hydrogen) atoms. The molecule has 0 spiro atoms. The lowest BCUT2D eigenvalue weighted by Crippen LogP contribution is -2.14. The molecule has 0 heterocycles. The summed E-state index contributed by atoms with van der Waals surface area (Å²) in [6.07, 6.45) is 0.983. The van der Waals surface area contributed by atoms with Crippen molar-refractivity contribution in [3.63, 3.8) is 0 Å². The van der Waals surface area contributed by atoms with Gasteiger partial charge in [0.2, 0.25) is 0 Å². The van der Waals surface area contributed by atoms with E-state index in [2.05, 4.69) is 4.74 Å². The topological polar surface area (TPSA) is 55.8 Å². The summed E-state index contributed by atoms with van der Waals surface area (Å²) < 4.78 is 10.1. The van der Waals surface area contributed by atoms with E-state index in [1.807, 2.05) is 0 Å². The van der Waals surface area contributed by atoms with Crippen molar-refractivity contribution in [2.24, 2.45) is 5.92 Å². The largest absolute Gasteiger partial charge is 0.492 e. The molecule has 2 rings (SSSR count). The number of ether oxygens (including phenoxy) is 2. The van der Waals surface area contributed by atoms with Gasteiger partial charge in [-0.2, -0.15) is 0 Å². The molecule has 1 aromatic carbocycles. The lowest BCUT2D eigenvalue weighted by Gasteiger charge is -2.14. The van der Waals surface area contributed by atoms with E-state index < -0.39 is 12.1 Å². The van der Waals surface area contributed by atoms with Crippen LogP contribution in [-0.2, 0) is 9.53 Å². The van der Waals surface area contributed by atoms with E-state index in [1.165, 1.54) is 20.0 Å². The Kier molecular flexibility index (Phi) is 4.09. The summed E-state index contributed by atoms with van der Waals surface area (Å²) >= 11 is 6.12. The van der Waals surface area contributed by atoms with Gasteiger partial charge >= 0.3 is 5.97 Å². The van der Waals surface area contributed by atoms with Crippen LogP contribution in [0, 0.1) is 5.92 Å². The highest BCUT2D eigenvalue weighted by molar-refractivity contribution is 6.33. The van der Waals surface area contributed by atoms with Crippen molar-refractivity contribution in [1.82, 2.24) is 0 Å². The lowest BCUT2D eigenvalue weighted by atomic mass is 10.1. The number of halogens is 1. The summed E-state index contributed by atoms with van der Waals surface area (Å²) in [5.74, 6) is 0.357. The Morgan fingerprint density at radius 3 is 2.89 bits per heavy atom. The van der Waals surface area contributed by atoms with Crippen molar-refractivity contribution >= 4 is 17.6 Å². The van der Waals surface area contributed by atoms with Gasteiger partial charge in [0.1, 0.15) is 5.75 Å². The summed E-state index contributed by atoms with van der Waals surface area (Å²) in [5, 5.41) is 10.0. The van der Waals surface area contributed by atoms with Crippen molar-refractivity contribution in [3.05, 3.63) is 28.8 Å². The molecule has 0 saturated heterocycles. The highest BCUT2D eigenvalue weighted by Crippen LogP contribution is 2.35. The molecule has 1 unspecified atom stereocenters. The molecule has 1 aliphatic carbocycles. The standard InChI is InChI=1S/C13H15ClO4/c1-17-13(16)12(15)9-3-2-4-10(11(9)14)18-7-8-5-6-8/h2-4,8,12,15H,5-7H2,1H3. The Morgan fingerprint density at radius 2 is 2.28 bits per heavy atom. The molecule has 0 radical (unpaired) electrons. The van der Waals surface area contributed by atoms with Crippen molar-refractivity contribution in [1.29, 1.82) is 0 Å². The van der Waals surface area contributed by atoms with Crippen molar-refractivity contribution < 1.29 is 19.4 Å². The van der Waals surface area contributed by atoms with Gasteiger partial charge in [0.05, 0.1) is 18.7 Å². The maximum absolute atomic E-state index is 11.3. The number of hydrogen-bond donors (Lipinski definition) is 1. The average Bonchev–Trinajstić information content (AvgIpc) is 3.20. The first-order chi connectivity index (χ1) is 8.63. The van der Waals surface area contributed by atoms with Gasteiger partial charge in [0, 0.05) is 5.56 Å². The number of carbonyl (C=O) groups is 1. The number of esters is 1. The summed E-state index contributed by atoms with van der Waals surface area (Å²) in [5.41, 5.74) is 0.303. The van der Waals surface area contributed by atoms with Crippen molar-refractivity contribution in [2.75, 3.05) is 13.7 Å². The minimum atomic E-state index is -1.38. The molecular formula is C13H15ClO4. The Hall–Kier alpha value is -1.26. The summed E-state index contributed by atoms with van der Waals surface area (Å²) in [6, 6.07) is 4.99. The lowest BCUT2D eigenvalue weighted by molar-refractivity contribution is -0.150. The average molecular weight is 271 g/mol. The molecule has 0 amide bonds. The molecule has 1 fully saturated rings. The van der Waals surface area contributed by atoms with Crippen LogP contribution in [0.25, 0.3) is 0 Å². The predicted molar refractivity (Wildman–Crippen MR) is 66.6 cm³/mol. The van der Waals surface area contributed by atoms with Crippen LogP contribution in [0.2, 0.25) is 5.02 Å². The molecule has 5 heteroatoms. The molecular weight excluding hydrogens is 256 g/mol. The van der Waals surface area contributed by atoms with E-state index in [4.69, 9.17) is 16.3 Å². The molecule has 1 aliphatic rings. The zero-order chi connectivity index (χ0) is 13.1. The first-order valence-electron chi connectivity index (χ1n) is 5.80. The van der Waals surface area contributed by atoms with Crippen LogP contribution in [0.1, 0.15) is 24.5 Å². The first kappa shape index (κ1) is 13.2. The van der Waals surface area contributed by atoms with Gasteiger partial charge in [0.25, 0.3) is 0 Å². The van der Waals surface area contributed by atoms with E-state index >= 15 is 0 Å². The third-order valence-corrected chi connectivity index (χ3v) is 3.29. The Morgan fingerprint density at radius 1 is 1.56 bits per heavy atom. The fourth-order valence-corrected chi connectivity index (χ4v) is 1.87. The zero-order valence-corrected chi connectivity index (χ0v) is 10.8. The molecule has 98 valence electrons. The molecule has 4 nitrogen and oxygen atoms in total. The van der Waals surface area contributed by atoms with Crippen LogP contribution in [0.15, 0.2) is 18.2 Å². The summed E-state index contributed by atoms with van der Waals surface area (Å²) in [7, 11) is 1.22. The van der Waals surface area contributed by atoms with Crippen LogP contribution >= 0.6 is 11.6 Å². The zero-order valence-electron chi connectivity index (χ0n) is 10.1. The maximum atomic E-state index is 11.3. The van der Waals surface area contributed by atoms with Gasteiger partial charge in [-0.05, 0) is 24.8 Å². The predicted octanol–water partition coefficient (Wildman–Crippen LogP) is 2.34. The minimum absolute atomic E-state index is 0.260. The molecule has 0 aromatic heterocycles. The fraction of sp³-hybridized carbons (Fsp3) is 0.462. The van der Waals surface area contributed by atoms with Gasteiger partial charge in [-0.1, -0.05) is 23.7 Å². The fourth-order valence-electron chi connectivity index (χ4n) is 1.58. The van der Waals surface area contributed by atoms with Gasteiger partial charge in [-0.15, -0.1) is 0 Å². The number of rotatable bonds is 5. The molecule has 0 bridgehead atoms. The Balaban J connectivity index is 2.14. The van der Waals surface area contributed by atoms with Gasteiger partial charge in [-0.25, -0.2) is 4.79 Å². The third kappa shape index (κ3) is 2.94. The second kappa shape index (κ2) is 5.59. The van der Waals surface area contributed by atoms with E-state index in [-0.39, 0.29) is 5.02 Å². The van der Waals surface area contributed by atoms with Gasteiger partial charge in [0.15, 0.2) is 6.10 Å². The smallest absolute Gasteiger partial charge is 0.339 e. The van der Waals surface area contributed by atoms with Gasteiger partial charge < -0.3 is 14.6 Å². The molecule has 1 atom stereocenters. The van der Waals surface area contributed by atoms with Gasteiger partial charge in [-0.3, -0.25) is 0 Å². The quantitative estimate of drug-likeness (QED) is 0.835. The number of carbonyl (C=O) groups excluding carboxylic acids is 1.